The van der Waals surface area contributed by atoms with Crippen molar-refractivity contribution in [3.8, 4) is 6.07 Å². The van der Waals surface area contributed by atoms with Gasteiger partial charge in [0.05, 0.1) is 6.54 Å². The van der Waals surface area contributed by atoms with Crippen molar-refractivity contribution in [2.45, 2.75) is 40.7 Å². The molecule has 2 N–H and O–H groups in total. The second-order valence-corrected chi connectivity index (χ2v) is 9.39. The fraction of sp³-hybridized carbons (Fsp3) is 0.391. The summed E-state index contributed by atoms with van der Waals surface area (Å²) in [5.41, 5.74) is -0.122. The number of thiazole rings is 1. The van der Waals surface area contributed by atoms with Crippen LogP contribution in [-0.2, 0) is 16.1 Å². The number of nitriles is 1. The van der Waals surface area contributed by atoms with Gasteiger partial charge in [0.25, 0.3) is 17.9 Å². The van der Waals surface area contributed by atoms with Crippen molar-refractivity contribution in [2.24, 2.45) is 5.41 Å². The number of halogens is 2. The van der Waals surface area contributed by atoms with Gasteiger partial charge in [-0.1, -0.05) is 26.8 Å². The Hall–Kier alpha value is -3.52. The normalized spacial score (nSPS) is 12.9. The molecule has 0 radical (unpaired) electrons. The van der Waals surface area contributed by atoms with Gasteiger partial charge in [-0.25, -0.2) is 8.78 Å². The molecule has 34 heavy (non-hydrogen) atoms. The summed E-state index contributed by atoms with van der Waals surface area (Å²) in [6.45, 7) is 6.45. The predicted molar refractivity (Wildman–Crippen MR) is 129 cm³/mol. The lowest BCUT2D eigenvalue weighted by Gasteiger charge is -2.26. The first-order valence-corrected chi connectivity index (χ1v) is 11.3. The van der Waals surface area contributed by atoms with Gasteiger partial charge in [-0.2, -0.15) is 5.26 Å². The first-order valence-electron chi connectivity index (χ1n) is 10.5. The Morgan fingerprint density at radius 1 is 1.32 bits per heavy atom. The number of hydrogen-bond donors (Lipinski definition) is 2. The van der Waals surface area contributed by atoms with Crippen LogP contribution in [0.1, 0.15) is 27.7 Å². The van der Waals surface area contributed by atoms with Crippen molar-refractivity contribution in [2.75, 3.05) is 23.8 Å². The number of carbonyl (C=O) groups is 2. The van der Waals surface area contributed by atoms with E-state index in [9.17, 15) is 28.4 Å². The number of benzene rings is 1. The topological polar surface area (TPSA) is 107 Å². The van der Waals surface area contributed by atoms with Gasteiger partial charge in [-0.05, 0) is 25.1 Å². The Labute approximate surface area is 199 Å². The van der Waals surface area contributed by atoms with Crippen LogP contribution >= 0.6 is 11.3 Å². The molecule has 2 aromatic rings. The molecule has 1 aromatic heterocycles. The minimum Gasteiger partial charge on any atom is -0.360 e. The zero-order valence-corrected chi connectivity index (χ0v) is 20.4. The van der Waals surface area contributed by atoms with E-state index in [2.05, 4.69) is 5.32 Å². The highest BCUT2D eigenvalue weighted by Crippen LogP contribution is 2.24. The second-order valence-electron chi connectivity index (χ2n) is 8.36. The van der Waals surface area contributed by atoms with Crippen molar-refractivity contribution in [1.82, 2.24) is 9.88 Å². The Morgan fingerprint density at radius 3 is 2.56 bits per heavy atom. The van der Waals surface area contributed by atoms with Crippen LogP contribution in [0, 0.1) is 16.7 Å². The number of carbonyl (C=O) groups excluding carboxylic acids is 2. The van der Waals surface area contributed by atoms with Crippen molar-refractivity contribution in [1.29, 1.82) is 5.26 Å². The van der Waals surface area contributed by atoms with Gasteiger partial charge in [-0.15, -0.1) is 11.3 Å². The summed E-state index contributed by atoms with van der Waals surface area (Å²) in [6, 6.07) is 8.76. The molecule has 8 nitrogen and oxygen atoms in total. The monoisotopic (exact) mass is 491 g/mol. The fourth-order valence-corrected chi connectivity index (χ4v) is 4.11. The molecule has 1 aromatic carbocycles. The van der Waals surface area contributed by atoms with Gasteiger partial charge < -0.3 is 15.5 Å². The number of nitrogens with one attached hydrogen (secondary N) is 2. The average molecular weight is 492 g/mol. The van der Waals surface area contributed by atoms with Crippen LogP contribution in [0.5, 0.6) is 0 Å². The molecule has 0 bridgehead atoms. The lowest BCUT2D eigenvalue weighted by Crippen LogP contribution is -2.36. The Bertz CT molecular complexity index is 1290. The van der Waals surface area contributed by atoms with Crippen LogP contribution in [-0.4, -0.2) is 36.4 Å². The van der Waals surface area contributed by atoms with E-state index in [0.717, 1.165) is 11.3 Å². The molecule has 0 saturated carbocycles. The molecule has 0 fully saturated rings. The van der Waals surface area contributed by atoms with Crippen LogP contribution in [0.4, 0.5) is 20.2 Å². The maximum absolute atomic E-state index is 12.8. The third-order valence-corrected chi connectivity index (χ3v) is 5.87. The summed E-state index contributed by atoms with van der Waals surface area (Å²) in [4.78, 5) is 39.1. The van der Waals surface area contributed by atoms with E-state index in [4.69, 9.17) is 0 Å². The average Bonchev–Trinajstić information content (AvgIpc) is 3.10. The molecule has 0 saturated heterocycles. The van der Waals surface area contributed by atoms with Crippen LogP contribution in [0.15, 0.2) is 29.1 Å². The molecule has 11 heteroatoms. The minimum atomic E-state index is -2.76. The number of anilines is 2. The number of aromatic nitrogens is 1. The maximum atomic E-state index is 12.8. The number of rotatable bonds is 7. The van der Waals surface area contributed by atoms with Crippen molar-refractivity contribution < 1.29 is 18.4 Å². The van der Waals surface area contributed by atoms with Gasteiger partial charge in [0.15, 0.2) is 5.57 Å². The van der Waals surface area contributed by atoms with Crippen LogP contribution in [0.3, 0.4) is 0 Å². The predicted octanol–water partition coefficient (Wildman–Crippen LogP) is 1.84. The van der Waals surface area contributed by atoms with Gasteiger partial charge in [-0.3, -0.25) is 19.0 Å². The Kier molecular flexibility index (Phi) is 8.70. The zero-order chi connectivity index (χ0) is 25.6. The summed E-state index contributed by atoms with van der Waals surface area (Å²) in [6.07, 6.45) is -1.32. The Balaban J connectivity index is 2.45. The molecule has 0 spiro atoms. The van der Waals surface area contributed by atoms with Crippen molar-refractivity contribution >= 4 is 46.3 Å². The summed E-state index contributed by atoms with van der Waals surface area (Å²) in [7, 11) is 1.68. The summed E-state index contributed by atoms with van der Waals surface area (Å²) in [5, 5.41) is 14.4. The lowest BCUT2D eigenvalue weighted by atomic mass is 9.94. The minimum absolute atomic E-state index is 0.0629. The van der Waals surface area contributed by atoms with E-state index in [1.54, 1.807) is 49.2 Å². The molecule has 0 aliphatic heterocycles. The third kappa shape index (κ3) is 6.29. The fourth-order valence-electron chi connectivity index (χ4n) is 3.02. The summed E-state index contributed by atoms with van der Waals surface area (Å²) >= 11 is 0.904. The van der Waals surface area contributed by atoms with Crippen LogP contribution in [0.2, 0.25) is 0 Å². The van der Waals surface area contributed by atoms with Crippen LogP contribution < -0.4 is 30.3 Å². The molecule has 182 valence electrons. The highest BCUT2D eigenvalue weighted by atomic mass is 32.1. The molecule has 0 unspecified atom stereocenters. The summed E-state index contributed by atoms with van der Waals surface area (Å²) < 4.78 is 26.4. The molecule has 2 rings (SSSR count). The van der Waals surface area contributed by atoms with Gasteiger partial charge in [0.2, 0.25) is 5.91 Å². The quantitative estimate of drug-likeness (QED) is 0.615. The zero-order valence-electron chi connectivity index (χ0n) is 19.6. The second kappa shape index (κ2) is 11.1. The van der Waals surface area contributed by atoms with Gasteiger partial charge in [0.1, 0.15) is 15.3 Å². The number of hydrogen-bond acceptors (Lipinski definition) is 6. The largest absolute Gasteiger partial charge is 0.360 e. The van der Waals surface area contributed by atoms with E-state index in [0.29, 0.717) is 11.4 Å². The maximum Gasteiger partial charge on any atom is 0.270 e. The van der Waals surface area contributed by atoms with Crippen molar-refractivity contribution in [3.63, 3.8) is 0 Å². The number of nitrogens with zero attached hydrogens (tertiary/aromatic N) is 3. The highest BCUT2D eigenvalue weighted by molar-refractivity contribution is 7.07. The van der Waals surface area contributed by atoms with Gasteiger partial charge in [0, 0.05) is 36.6 Å². The molecule has 0 aliphatic rings. The van der Waals surface area contributed by atoms with Gasteiger partial charge >= 0.3 is 0 Å². The van der Waals surface area contributed by atoms with E-state index in [1.807, 2.05) is 26.1 Å². The number of amides is 2. The van der Waals surface area contributed by atoms with E-state index in [-0.39, 0.29) is 21.6 Å². The van der Waals surface area contributed by atoms with E-state index in [1.165, 1.54) is 10.8 Å². The molecule has 2 amide bonds. The van der Waals surface area contributed by atoms with Crippen molar-refractivity contribution in [3.05, 3.63) is 43.8 Å². The molecular formula is C23H27F2N5O3S. The Morgan fingerprint density at radius 2 is 2.00 bits per heavy atom. The molecule has 0 atom stereocenters. The summed E-state index contributed by atoms with van der Waals surface area (Å²) in [5.74, 6) is -1.03. The molecule has 1 heterocycles. The van der Waals surface area contributed by atoms with E-state index < -0.39 is 35.4 Å². The van der Waals surface area contributed by atoms with Crippen LogP contribution in [0.25, 0.3) is 11.8 Å². The SMILES string of the molecule is CCn1c(=O)/c(=C\Nc2cccc(N(C)C(=O)C(C)(C)C)c2)s/c1=C(/C#N)C(=O)NCC(F)F. The lowest BCUT2D eigenvalue weighted by molar-refractivity contribution is -0.125. The number of alkyl halides is 2. The standard InChI is InChI=1S/C23H27F2N5O3S/c1-6-30-20(32)17(34-21(30)16(11-26)19(31)28-13-18(24)25)12-27-14-8-7-9-15(10-14)29(5)22(33)23(2,3)4/h7-10,12,18,27H,6,13H2,1-5H3,(H,28,31)/b17-12+,21-16-. The first-order chi connectivity index (χ1) is 15.9. The molecular weight excluding hydrogens is 464 g/mol. The first kappa shape index (κ1) is 26.7. The highest BCUT2D eigenvalue weighted by Gasteiger charge is 2.25. The smallest absolute Gasteiger partial charge is 0.270 e. The van der Waals surface area contributed by atoms with E-state index >= 15 is 0 Å². The third-order valence-electron chi connectivity index (χ3n) is 4.74. The molecule has 0 aliphatic carbocycles.